The summed E-state index contributed by atoms with van der Waals surface area (Å²) in [5.41, 5.74) is 0.182. The van der Waals surface area contributed by atoms with Gasteiger partial charge in [0.2, 0.25) is 5.70 Å². The minimum Gasteiger partial charge on any atom is -0.504 e. The summed E-state index contributed by atoms with van der Waals surface area (Å²) < 4.78 is 0. The molecule has 0 fully saturated rings. The Kier molecular flexibility index (Phi) is 5.72. The number of benzene rings is 2. The summed E-state index contributed by atoms with van der Waals surface area (Å²) in [4.78, 5) is 10.1. The van der Waals surface area contributed by atoms with Gasteiger partial charge in [0.25, 0.3) is 5.69 Å². The molecule has 0 saturated heterocycles. The minimum absolute atomic E-state index is 0.0225. The number of hydrogen-bond acceptors (Lipinski definition) is 8. The van der Waals surface area contributed by atoms with Crippen LogP contribution in [0.3, 0.4) is 0 Å². The van der Waals surface area contributed by atoms with E-state index in [1.807, 2.05) is 0 Å². The summed E-state index contributed by atoms with van der Waals surface area (Å²) in [5, 5.41) is 55.5. The molecule has 0 saturated carbocycles. The molecule has 0 amide bonds. The van der Waals surface area contributed by atoms with E-state index >= 15 is 0 Å². The van der Waals surface area contributed by atoms with Crippen LogP contribution < -0.4 is 0 Å². The van der Waals surface area contributed by atoms with Crippen molar-refractivity contribution < 1.29 is 15.1 Å². The van der Waals surface area contributed by atoms with Gasteiger partial charge in [0.1, 0.15) is 17.8 Å². The highest BCUT2D eigenvalue weighted by Crippen LogP contribution is 2.26. The van der Waals surface area contributed by atoms with E-state index in [-0.39, 0.29) is 23.5 Å². The van der Waals surface area contributed by atoms with Crippen molar-refractivity contribution >= 4 is 17.1 Å². The van der Waals surface area contributed by atoms with Crippen molar-refractivity contribution in [3.63, 3.8) is 0 Å². The fourth-order valence-electron chi connectivity index (χ4n) is 1.95. The van der Waals surface area contributed by atoms with Crippen LogP contribution in [0.1, 0.15) is 16.7 Å². The van der Waals surface area contributed by atoms with Gasteiger partial charge in [0, 0.05) is 17.7 Å². The first-order chi connectivity index (χ1) is 12.5. The molecule has 0 heterocycles. The lowest BCUT2D eigenvalue weighted by Gasteiger charge is -2.02. The standard InChI is InChI=1S/C17H11N5O4/c18-8-13-7-14(22(25)26)5-6-15(13)20-21-16(9-19)17(24)12-3-1-11(10-23)2-4-12/h1-7,23-24H,10H2/b17-16+,21-20+. The molecule has 0 aliphatic rings. The van der Waals surface area contributed by atoms with Gasteiger partial charge >= 0.3 is 0 Å². The van der Waals surface area contributed by atoms with Crippen LogP contribution in [0.4, 0.5) is 11.4 Å². The van der Waals surface area contributed by atoms with Gasteiger partial charge in [-0.2, -0.15) is 10.5 Å². The van der Waals surface area contributed by atoms with E-state index in [1.165, 1.54) is 18.2 Å². The largest absolute Gasteiger partial charge is 0.504 e. The molecule has 0 atom stereocenters. The zero-order valence-electron chi connectivity index (χ0n) is 13.2. The number of non-ortho nitro benzene ring substituents is 1. The number of hydrogen-bond donors (Lipinski definition) is 2. The van der Waals surface area contributed by atoms with Gasteiger partial charge in [-0.3, -0.25) is 10.1 Å². The molecular formula is C17H11N5O4. The molecule has 0 spiro atoms. The fourth-order valence-corrected chi connectivity index (χ4v) is 1.95. The van der Waals surface area contributed by atoms with Gasteiger partial charge in [-0.25, -0.2) is 0 Å². The molecule has 0 aromatic heterocycles. The Morgan fingerprint density at radius 2 is 1.88 bits per heavy atom. The zero-order valence-corrected chi connectivity index (χ0v) is 13.2. The first-order valence-corrected chi connectivity index (χ1v) is 7.14. The number of rotatable bonds is 5. The lowest BCUT2D eigenvalue weighted by Crippen LogP contribution is -1.90. The minimum atomic E-state index is -0.649. The maximum atomic E-state index is 10.7. The van der Waals surface area contributed by atoms with Crippen LogP contribution in [0.5, 0.6) is 0 Å². The monoisotopic (exact) mass is 349 g/mol. The van der Waals surface area contributed by atoms with E-state index in [0.717, 1.165) is 12.1 Å². The predicted molar refractivity (Wildman–Crippen MR) is 89.9 cm³/mol. The second kappa shape index (κ2) is 8.15. The van der Waals surface area contributed by atoms with Crippen LogP contribution in [0, 0.1) is 32.8 Å². The summed E-state index contributed by atoms with van der Waals surface area (Å²) in [6.45, 7) is -0.160. The third-order valence-corrected chi connectivity index (χ3v) is 3.31. The number of azo groups is 1. The quantitative estimate of drug-likeness (QED) is 0.276. The van der Waals surface area contributed by atoms with Gasteiger partial charge in [0.15, 0.2) is 5.76 Å². The van der Waals surface area contributed by atoms with E-state index in [2.05, 4.69) is 10.2 Å². The first-order valence-electron chi connectivity index (χ1n) is 7.14. The summed E-state index contributed by atoms with van der Waals surface area (Å²) in [6, 6.07) is 13.0. The van der Waals surface area contributed by atoms with Crippen LogP contribution in [0.15, 0.2) is 58.4 Å². The van der Waals surface area contributed by atoms with Crippen LogP contribution in [-0.4, -0.2) is 15.1 Å². The van der Waals surface area contributed by atoms with Gasteiger partial charge < -0.3 is 10.2 Å². The van der Waals surface area contributed by atoms with Gasteiger partial charge in [-0.15, -0.1) is 10.2 Å². The maximum Gasteiger partial charge on any atom is 0.270 e. The predicted octanol–water partition coefficient (Wildman–Crippen LogP) is 3.49. The topological polar surface area (TPSA) is 156 Å². The molecule has 0 bridgehead atoms. The molecule has 128 valence electrons. The highest BCUT2D eigenvalue weighted by molar-refractivity contribution is 5.65. The van der Waals surface area contributed by atoms with E-state index in [9.17, 15) is 15.2 Å². The summed E-state index contributed by atoms with van der Waals surface area (Å²) in [6.07, 6.45) is 0. The van der Waals surface area contributed by atoms with Crippen molar-refractivity contribution in [2.45, 2.75) is 6.61 Å². The Bertz CT molecular complexity index is 982. The molecule has 2 N–H and O–H groups in total. The van der Waals surface area contributed by atoms with Crippen LogP contribution in [0.25, 0.3) is 5.76 Å². The third kappa shape index (κ3) is 4.06. The highest BCUT2D eigenvalue weighted by atomic mass is 16.6. The maximum absolute atomic E-state index is 10.7. The average Bonchev–Trinajstić information content (AvgIpc) is 2.68. The van der Waals surface area contributed by atoms with Crippen molar-refractivity contribution in [2.24, 2.45) is 10.2 Å². The number of aliphatic hydroxyl groups excluding tert-OH is 2. The Balaban J connectivity index is 2.39. The Hall–Kier alpha value is -4.08. The van der Waals surface area contributed by atoms with Gasteiger partial charge in [0.05, 0.1) is 17.1 Å². The number of nitro benzene ring substituents is 1. The third-order valence-electron chi connectivity index (χ3n) is 3.31. The lowest BCUT2D eigenvalue weighted by molar-refractivity contribution is -0.384. The molecule has 2 aromatic rings. The Labute approximate surface area is 147 Å². The molecule has 9 nitrogen and oxygen atoms in total. The second-order valence-corrected chi connectivity index (χ2v) is 4.93. The molecule has 26 heavy (non-hydrogen) atoms. The summed E-state index contributed by atoms with van der Waals surface area (Å²) in [7, 11) is 0. The smallest absolute Gasteiger partial charge is 0.270 e. The van der Waals surface area contributed by atoms with Gasteiger partial charge in [-0.05, 0) is 11.6 Å². The van der Waals surface area contributed by atoms with E-state index in [4.69, 9.17) is 15.6 Å². The molecule has 0 unspecified atom stereocenters. The Morgan fingerprint density at radius 1 is 1.19 bits per heavy atom. The highest BCUT2D eigenvalue weighted by Gasteiger charge is 2.12. The first kappa shape index (κ1) is 18.3. The van der Waals surface area contributed by atoms with Crippen molar-refractivity contribution in [3.05, 3.63) is 75.0 Å². The van der Waals surface area contributed by atoms with E-state index in [1.54, 1.807) is 24.3 Å². The lowest BCUT2D eigenvalue weighted by atomic mass is 10.1. The van der Waals surface area contributed by atoms with Crippen molar-refractivity contribution in [1.29, 1.82) is 10.5 Å². The SMILES string of the molecule is N#CC(/N=N/c1ccc([N+](=O)[O-])cc1C#N)=C(\O)c1ccc(CO)cc1. The molecule has 0 aliphatic carbocycles. The van der Waals surface area contributed by atoms with Gasteiger partial charge in [-0.1, -0.05) is 24.3 Å². The van der Waals surface area contributed by atoms with E-state index < -0.39 is 16.4 Å². The van der Waals surface area contributed by atoms with Crippen LogP contribution >= 0.6 is 0 Å². The summed E-state index contributed by atoms with van der Waals surface area (Å²) >= 11 is 0. The molecular weight excluding hydrogens is 338 g/mol. The van der Waals surface area contributed by atoms with Crippen molar-refractivity contribution in [2.75, 3.05) is 0 Å². The molecule has 2 aromatic carbocycles. The van der Waals surface area contributed by atoms with Crippen molar-refractivity contribution in [3.8, 4) is 12.1 Å². The number of nitro groups is 1. The Morgan fingerprint density at radius 3 is 2.42 bits per heavy atom. The molecule has 2 rings (SSSR count). The van der Waals surface area contributed by atoms with Crippen LogP contribution in [0.2, 0.25) is 0 Å². The number of allylic oxidation sites excluding steroid dienone is 1. The number of nitrogens with zero attached hydrogens (tertiary/aromatic N) is 5. The number of aliphatic hydroxyl groups is 2. The van der Waals surface area contributed by atoms with Crippen LogP contribution in [-0.2, 0) is 6.61 Å². The molecule has 0 aliphatic heterocycles. The average molecular weight is 349 g/mol. The molecule has 0 radical (unpaired) electrons. The fraction of sp³-hybridized carbons (Fsp3) is 0.0588. The number of nitriles is 2. The summed E-state index contributed by atoms with van der Waals surface area (Å²) in [5.74, 6) is -0.429. The zero-order chi connectivity index (χ0) is 19.1. The van der Waals surface area contributed by atoms with Crippen molar-refractivity contribution in [1.82, 2.24) is 0 Å². The molecule has 9 heteroatoms. The van der Waals surface area contributed by atoms with E-state index in [0.29, 0.717) is 11.1 Å². The second-order valence-electron chi connectivity index (χ2n) is 4.93. The normalized spacial score (nSPS) is 11.5.